The number of rotatable bonds is 5. The van der Waals surface area contributed by atoms with Gasteiger partial charge < -0.3 is 10.5 Å². The van der Waals surface area contributed by atoms with Crippen LogP contribution in [0.3, 0.4) is 0 Å². The molecule has 1 atom stereocenters. The lowest BCUT2D eigenvalue weighted by molar-refractivity contribution is 0.359. The molecule has 1 unspecified atom stereocenters. The van der Waals surface area contributed by atoms with Crippen molar-refractivity contribution in [1.82, 2.24) is 0 Å². The summed E-state index contributed by atoms with van der Waals surface area (Å²) in [6, 6.07) is 5.92. The van der Waals surface area contributed by atoms with Crippen LogP contribution < -0.4 is 10.5 Å². The maximum absolute atomic E-state index is 5.77. The van der Waals surface area contributed by atoms with Gasteiger partial charge in [-0.05, 0) is 37.1 Å². The SMILES string of the molecule is C=C(Cl)COc1ccc(Br)c(CC(C)N)c1. The van der Waals surface area contributed by atoms with E-state index in [0.29, 0.717) is 11.6 Å². The molecule has 0 aromatic heterocycles. The molecule has 4 heteroatoms. The quantitative estimate of drug-likeness (QED) is 0.904. The molecule has 88 valence electrons. The molecule has 0 spiro atoms. The highest BCUT2D eigenvalue weighted by Gasteiger charge is 2.05. The molecule has 0 aliphatic rings. The fourth-order valence-corrected chi connectivity index (χ4v) is 1.77. The van der Waals surface area contributed by atoms with Crippen LogP contribution in [0.5, 0.6) is 5.75 Å². The lowest BCUT2D eigenvalue weighted by Gasteiger charge is -2.11. The summed E-state index contributed by atoms with van der Waals surface area (Å²) in [5, 5.41) is 0.483. The minimum Gasteiger partial charge on any atom is -0.488 e. The molecule has 0 bridgehead atoms. The number of hydrogen-bond acceptors (Lipinski definition) is 2. The van der Waals surface area contributed by atoms with Gasteiger partial charge in [0.15, 0.2) is 0 Å². The number of benzene rings is 1. The van der Waals surface area contributed by atoms with E-state index in [1.807, 2.05) is 25.1 Å². The summed E-state index contributed by atoms with van der Waals surface area (Å²) in [5.74, 6) is 0.778. The predicted octanol–water partition coefficient (Wildman–Crippen LogP) is 3.47. The molecule has 0 radical (unpaired) electrons. The molecule has 1 rings (SSSR count). The molecule has 0 saturated carbocycles. The van der Waals surface area contributed by atoms with Crippen LogP contribution in [0.2, 0.25) is 0 Å². The molecule has 0 fully saturated rings. The Balaban J connectivity index is 2.76. The highest BCUT2D eigenvalue weighted by molar-refractivity contribution is 9.10. The van der Waals surface area contributed by atoms with Gasteiger partial charge in [0.1, 0.15) is 12.4 Å². The number of halogens is 2. The van der Waals surface area contributed by atoms with Gasteiger partial charge in [-0.3, -0.25) is 0 Å². The Kier molecular flexibility index (Phi) is 5.32. The molecule has 2 N–H and O–H groups in total. The second-order valence-corrected chi connectivity index (χ2v) is 5.13. The second kappa shape index (κ2) is 6.28. The van der Waals surface area contributed by atoms with Gasteiger partial charge in [-0.15, -0.1) is 0 Å². The maximum atomic E-state index is 5.77. The van der Waals surface area contributed by atoms with Crippen LogP contribution in [-0.4, -0.2) is 12.6 Å². The fraction of sp³-hybridized carbons (Fsp3) is 0.333. The third-order valence-electron chi connectivity index (χ3n) is 1.95. The van der Waals surface area contributed by atoms with Gasteiger partial charge in [0.05, 0.1) is 0 Å². The lowest BCUT2D eigenvalue weighted by Crippen LogP contribution is -2.18. The van der Waals surface area contributed by atoms with Gasteiger partial charge in [-0.25, -0.2) is 0 Å². The van der Waals surface area contributed by atoms with Crippen LogP contribution in [0.25, 0.3) is 0 Å². The van der Waals surface area contributed by atoms with E-state index in [2.05, 4.69) is 22.5 Å². The summed E-state index contributed by atoms with van der Waals surface area (Å²) in [7, 11) is 0. The molecular weight excluding hydrogens is 289 g/mol. The Morgan fingerprint density at radius 3 is 2.88 bits per heavy atom. The van der Waals surface area contributed by atoms with Crippen molar-refractivity contribution in [1.29, 1.82) is 0 Å². The third kappa shape index (κ3) is 4.56. The molecule has 0 aliphatic carbocycles. The number of ether oxygens (including phenoxy) is 1. The average Bonchev–Trinajstić information content (AvgIpc) is 2.18. The van der Waals surface area contributed by atoms with Crippen molar-refractivity contribution < 1.29 is 4.74 Å². The van der Waals surface area contributed by atoms with Gasteiger partial charge in [0, 0.05) is 15.5 Å². The largest absolute Gasteiger partial charge is 0.488 e. The first-order valence-corrected chi connectivity index (χ1v) is 6.16. The monoisotopic (exact) mass is 303 g/mol. The Morgan fingerprint density at radius 2 is 2.31 bits per heavy atom. The lowest BCUT2D eigenvalue weighted by atomic mass is 10.1. The van der Waals surface area contributed by atoms with Gasteiger partial charge in [-0.2, -0.15) is 0 Å². The van der Waals surface area contributed by atoms with E-state index in [1.165, 1.54) is 0 Å². The normalized spacial score (nSPS) is 12.2. The molecule has 0 amide bonds. The Labute approximate surface area is 110 Å². The molecule has 2 nitrogen and oxygen atoms in total. The van der Waals surface area contributed by atoms with Crippen molar-refractivity contribution >= 4 is 27.5 Å². The minimum atomic E-state index is 0.120. The fourth-order valence-electron chi connectivity index (χ4n) is 1.31. The van der Waals surface area contributed by atoms with Gasteiger partial charge in [-0.1, -0.05) is 34.1 Å². The molecule has 0 heterocycles. The van der Waals surface area contributed by atoms with Crippen LogP contribution in [0.1, 0.15) is 12.5 Å². The number of hydrogen-bond donors (Lipinski definition) is 1. The molecule has 16 heavy (non-hydrogen) atoms. The van der Waals surface area contributed by atoms with Crippen LogP contribution in [0.15, 0.2) is 34.3 Å². The summed E-state index contributed by atoms with van der Waals surface area (Å²) >= 11 is 9.12. The first-order chi connectivity index (χ1) is 7.49. The first-order valence-electron chi connectivity index (χ1n) is 4.99. The van der Waals surface area contributed by atoms with Crippen molar-refractivity contribution in [3.63, 3.8) is 0 Å². The van der Waals surface area contributed by atoms with E-state index >= 15 is 0 Å². The summed E-state index contributed by atoms with van der Waals surface area (Å²) in [5.41, 5.74) is 6.90. The zero-order valence-corrected chi connectivity index (χ0v) is 11.5. The highest BCUT2D eigenvalue weighted by Crippen LogP contribution is 2.24. The van der Waals surface area contributed by atoms with E-state index in [0.717, 1.165) is 22.2 Å². The van der Waals surface area contributed by atoms with Crippen LogP contribution in [-0.2, 0) is 6.42 Å². The van der Waals surface area contributed by atoms with Crippen molar-refractivity contribution in [2.75, 3.05) is 6.61 Å². The molecule has 0 saturated heterocycles. The van der Waals surface area contributed by atoms with Crippen LogP contribution in [0.4, 0.5) is 0 Å². The highest BCUT2D eigenvalue weighted by atomic mass is 79.9. The number of nitrogens with two attached hydrogens (primary N) is 1. The van der Waals surface area contributed by atoms with E-state index < -0.39 is 0 Å². The summed E-state index contributed by atoms with van der Waals surface area (Å²) in [6.07, 6.45) is 0.805. The molecule has 0 aliphatic heterocycles. The van der Waals surface area contributed by atoms with Crippen molar-refractivity contribution in [3.8, 4) is 5.75 Å². The zero-order valence-electron chi connectivity index (χ0n) is 9.17. The maximum Gasteiger partial charge on any atom is 0.123 e. The van der Waals surface area contributed by atoms with Crippen molar-refractivity contribution in [2.24, 2.45) is 5.73 Å². The Hall–Kier alpha value is -0.510. The molecule has 1 aromatic carbocycles. The van der Waals surface area contributed by atoms with E-state index in [4.69, 9.17) is 22.1 Å². The van der Waals surface area contributed by atoms with Gasteiger partial charge >= 0.3 is 0 Å². The van der Waals surface area contributed by atoms with Crippen molar-refractivity contribution in [2.45, 2.75) is 19.4 Å². The van der Waals surface area contributed by atoms with E-state index in [9.17, 15) is 0 Å². The Bertz CT molecular complexity index is 379. The molecular formula is C12H15BrClNO. The van der Waals surface area contributed by atoms with E-state index in [1.54, 1.807) is 0 Å². The Morgan fingerprint density at radius 1 is 1.62 bits per heavy atom. The molecule has 1 aromatic rings. The average molecular weight is 305 g/mol. The summed E-state index contributed by atoms with van der Waals surface area (Å²) in [4.78, 5) is 0. The van der Waals surface area contributed by atoms with Crippen molar-refractivity contribution in [3.05, 3.63) is 39.8 Å². The smallest absolute Gasteiger partial charge is 0.123 e. The third-order valence-corrected chi connectivity index (χ3v) is 2.84. The predicted molar refractivity (Wildman–Crippen MR) is 72.0 cm³/mol. The van der Waals surface area contributed by atoms with E-state index in [-0.39, 0.29) is 6.04 Å². The summed E-state index contributed by atoms with van der Waals surface area (Å²) in [6.45, 7) is 5.86. The standard InChI is InChI=1S/C12H15BrClNO/c1-8(14)7-16-11-3-4-12(13)10(6-11)5-9(2)15/h3-4,6,9H,1,5,7,15H2,2H3. The first kappa shape index (κ1) is 13.6. The van der Waals surface area contributed by atoms with Crippen LogP contribution >= 0.6 is 27.5 Å². The van der Waals surface area contributed by atoms with Crippen LogP contribution in [0, 0.1) is 0 Å². The summed E-state index contributed by atoms with van der Waals surface area (Å²) < 4.78 is 6.49. The second-order valence-electron chi connectivity index (χ2n) is 3.74. The minimum absolute atomic E-state index is 0.120. The topological polar surface area (TPSA) is 35.2 Å². The zero-order chi connectivity index (χ0) is 12.1. The van der Waals surface area contributed by atoms with Gasteiger partial charge in [0.25, 0.3) is 0 Å². The van der Waals surface area contributed by atoms with Gasteiger partial charge in [0.2, 0.25) is 0 Å².